The second-order valence-electron chi connectivity index (χ2n) is 5.75. The molecule has 1 amide bonds. The molecule has 4 rings (SSSR count). The number of benzene rings is 1. The Balaban J connectivity index is 0.00000196. The van der Waals surface area contributed by atoms with Crippen molar-refractivity contribution >= 4 is 52.4 Å². The summed E-state index contributed by atoms with van der Waals surface area (Å²) in [5, 5.41) is 4.92. The van der Waals surface area contributed by atoms with Crippen LogP contribution in [0.4, 0.5) is 0 Å². The number of H-pyrrole nitrogens is 1. The molecule has 0 unspecified atom stereocenters. The molecule has 7 heteroatoms. The van der Waals surface area contributed by atoms with Gasteiger partial charge in [0.2, 0.25) is 0 Å². The first-order chi connectivity index (χ1) is 12.2. The number of amidine groups is 1. The fourth-order valence-corrected chi connectivity index (χ4v) is 3.61. The largest absolute Gasteiger partial charge is 0.358 e. The highest BCUT2D eigenvalue weighted by Gasteiger charge is 2.23. The van der Waals surface area contributed by atoms with E-state index in [1.165, 1.54) is 11.8 Å². The zero-order chi connectivity index (χ0) is 17.2. The Labute approximate surface area is 161 Å². The number of pyridine rings is 1. The Morgan fingerprint density at radius 1 is 1.19 bits per heavy atom. The van der Waals surface area contributed by atoms with E-state index in [-0.39, 0.29) is 24.4 Å². The van der Waals surface area contributed by atoms with Crippen LogP contribution in [0.2, 0.25) is 0 Å². The van der Waals surface area contributed by atoms with Gasteiger partial charge in [0.25, 0.3) is 5.91 Å². The molecule has 0 bridgehead atoms. The van der Waals surface area contributed by atoms with Gasteiger partial charge in [-0.1, -0.05) is 30.3 Å². The van der Waals surface area contributed by atoms with Crippen LogP contribution in [0.5, 0.6) is 0 Å². The summed E-state index contributed by atoms with van der Waals surface area (Å²) in [6.07, 6.45) is 5.46. The topological polar surface area (TPSA) is 70.1 Å². The van der Waals surface area contributed by atoms with Gasteiger partial charge in [0.15, 0.2) is 5.17 Å². The third kappa shape index (κ3) is 3.66. The number of halogens is 1. The molecule has 26 heavy (non-hydrogen) atoms. The Morgan fingerprint density at radius 3 is 2.81 bits per heavy atom. The molecule has 1 atom stereocenters. The van der Waals surface area contributed by atoms with Crippen molar-refractivity contribution in [3.05, 3.63) is 70.9 Å². The van der Waals surface area contributed by atoms with Gasteiger partial charge in [0, 0.05) is 23.3 Å². The Bertz CT molecular complexity index is 997. The minimum Gasteiger partial charge on any atom is -0.358 e. The molecule has 1 aromatic carbocycles. The van der Waals surface area contributed by atoms with E-state index in [1.54, 1.807) is 6.20 Å². The number of carbonyl (C=O) groups is 1. The molecule has 3 aromatic rings. The summed E-state index contributed by atoms with van der Waals surface area (Å²) in [4.78, 5) is 24.3. The van der Waals surface area contributed by atoms with Crippen LogP contribution in [0.15, 0.2) is 64.8 Å². The van der Waals surface area contributed by atoms with Crippen LogP contribution in [0.3, 0.4) is 0 Å². The van der Waals surface area contributed by atoms with Crippen LogP contribution < -0.4 is 5.32 Å². The predicted molar refractivity (Wildman–Crippen MR) is 109 cm³/mol. The van der Waals surface area contributed by atoms with Crippen LogP contribution in [-0.4, -0.2) is 21.0 Å². The molecule has 132 valence electrons. The minimum atomic E-state index is -0.217. The van der Waals surface area contributed by atoms with Gasteiger partial charge in [0.1, 0.15) is 5.65 Å². The molecule has 2 N–H and O–H groups in total. The van der Waals surface area contributed by atoms with Gasteiger partial charge in [-0.3, -0.25) is 4.79 Å². The molecule has 0 saturated carbocycles. The lowest BCUT2D eigenvalue weighted by atomic mass is 10.1. The quantitative estimate of drug-likeness (QED) is 0.660. The van der Waals surface area contributed by atoms with Gasteiger partial charge in [-0.2, -0.15) is 4.99 Å². The average Bonchev–Trinajstić information content (AvgIpc) is 3.20. The number of hydrogen-bond donors (Lipinski definition) is 2. The van der Waals surface area contributed by atoms with E-state index in [9.17, 15) is 4.79 Å². The normalized spacial score (nSPS) is 16.4. The lowest BCUT2D eigenvalue weighted by Gasteiger charge is -2.14. The van der Waals surface area contributed by atoms with E-state index < -0.39 is 0 Å². The summed E-state index contributed by atoms with van der Waals surface area (Å²) < 4.78 is 0. The van der Waals surface area contributed by atoms with Crippen molar-refractivity contribution in [2.45, 2.75) is 13.0 Å². The standard InChI is InChI=1S/C19H16N4OS.ClH/c1-12(13-6-3-2-4-7-13)22-19-23-18(24)16(25-19)10-14-11-21-17-15(14)8-5-9-20-17;/h2-12H,1H3,(H,20,21)(H,22,23,24);1H/t12-;/m0./s1. The second-order valence-corrected chi connectivity index (χ2v) is 6.78. The first-order valence-corrected chi connectivity index (χ1v) is 8.78. The molecular weight excluding hydrogens is 368 g/mol. The van der Waals surface area contributed by atoms with Gasteiger partial charge < -0.3 is 10.3 Å². The number of carbonyl (C=O) groups excluding carboxylic acids is 1. The van der Waals surface area contributed by atoms with E-state index >= 15 is 0 Å². The monoisotopic (exact) mass is 384 g/mol. The smallest absolute Gasteiger partial charge is 0.286 e. The van der Waals surface area contributed by atoms with Gasteiger partial charge in [-0.05, 0) is 42.5 Å². The fraction of sp³-hybridized carbons (Fsp3) is 0.105. The van der Waals surface area contributed by atoms with Crippen molar-refractivity contribution < 1.29 is 4.79 Å². The number of thioether (sulfide) groups is 1. The van der Waals surface area contributed by atoms with E-state index in [2.05, 4.69) is 39.3 Å². The Morgan fingerprint density at radius 2 is 2.00 bits per heavy atom. The van der Waals surface area contributed by atoms with Gasteiger partial charge >= 0.3 is 0 Å². The highest BCUT2D eigenvalue weighted by atomic mass is 35.5. The number of aliphatic imine (C=N–C) groups is 1. The van der Waals surface area contributed by atoms with Crippen molar-refractivity contribution in [2.24, 2.45) is 4.99 Å². The van der Waals surface area contributed by atoms with Crippen LogP contribution in [0.1, 0.15) is 24.1 Å². The zero-order valence-corrected chi connectivity index (χ0v) is 15.6. The van der Waals surface area contributed by atoms with Gasteiger partial charge in [-0.15, -0.1) is 12.4 Å². The summed E-state index contributed by atoms with van der Waals surface area (Å²) in [5.74, 6) is -0.217. The Kier molecular flexibility index (Phi) is 5.44. The first kappa shape index (κ1) is 18.2. The first-order valence-electron chi connectivity index (χ1n) is 7.97. The summed E-state index contributed by atoms with van der Waals surface area (Å²) in [5.41, 5.74) is 2.90. The molecule has 1 aliphatic rings. The van der Waals surface area contributed by atoms with Crippen molar-refractivity contribution in [3.63, 3.8) is 0 Å². The summed E-state index contributed by atoms with van der Waals surface area (Å²) in [6.45, 7) is 2.05. The number of hydrogen-bond acceptors (Lipinski definition) is 4. The highest BCUT2D eigenvalue weighted by Crippen LogP contribution is 2.30. The highest BCUT2D eigenvalue weighted by molar-refractivity contribution is 8.18. The zero-order valence-electron chi connectivity index (χ0n) is 14.0. The molecular formula is C19H17ClN4OS. The minimum absolute atomic E-state index is 0. The second kappa shape index (κ2) is 7.76. The third-order valence-electron chi connectivity index (χ3n) is 4.03. The number of fused-ring (bicyclic) bond motifs is 1. The molecule has 0 saturated heterocycles. The number of amides is 1. The van der Waals surface area contributed by atoms with E-state index in [0.717, 1.165) is 22.2 Å². The molecule has 1 aliphatic heterocycles. The van der Waals surface area contributed by atoms with Crippen molar-refractivity contribution in [2.75, 3.05) is 0 Å². The average molecular weight is 385 g/mol. The lowest BCUT2D eigenvalue weighted by molar-refractivity contribution is -0.113. The number of aromatic nitrogens is 2. The number of aromatic amines is 1. The van der Waals surface area contributed by atoms with Crippen molar-refractivity contribution in [3.8, 4) is 0 Å². The van der Waals surface area contributed by atoms with Crippen LogP contribution in [0.25, 0.3) is 17.1 Å². The van der Waals surface area contributed by atoms with E-state index in [1.807, 2.05) is 42.6 Å². The van der Waals surface area contributed by atoms with Crippen LogP contribution in [0, 0.1) is 0 Å². The summed E-state index contributed by atoms with van der Waals surface area (Å²) in [6, 6.07) is 14.0. The van der Waals surface area contributed by atoms with Crippen LogP contribution in [-0.2, 0) is 4.79 Å². The molecule has 2 aromatic heterocycles. The third-order valence-corrected chi connectivity index (χ3v) is 4.94. The van der Waals surface area contributed by atoms with Gasteiger partial charge in [0.05, 0.1) is 10.9 Å². The maximum absolute atomic E-state index is 12.2. The molecule has 0 spiro atoms. The number of nitrogens with one attached hydrogen (secondary N) is 2. The lowest BCUT2D eigenvalue weighted by Crippen LogP contribution is -2.22. The molecule has 0 aliphatic carbocycles. The predicted octanol–water partition coefficient (Wildman–Crippen LogP) is 4.31. The van der Waals surface area contributed by atoms with Crippen molar-refractivity contribution in [1.82, 2.24) is 15.3 Å². The number of nitrogens with zero attached hydrogens (tertiary/aromatic N) is 2. The maximum atomic E-state index is 12.2. The van der Waals surface area contributed by atoms with Gasteiger partial charge in [-0.25, -0.2) is 4.98 Å². The van der Waals surface area contributed by atoms with Crippen molar-refractivity contribution in [1.29, 1.82) is 0 Å². The molecule has 0 fully saturated rings. The van der Waals surface area contributed by atoms with E-state index in [0.29, 0.717) is 10.1 Å². The summed E-state index contributed by atoms with van der Waals surface area (Å²) in [7, 11) is 0. The summed E-state index contributed by atoms with van der Waals surface area (Å²) >= 11 is 1.36. The maximum Gasteiger partial charge on any atom is 0.286 e. The molecule has 3 heterocycles. The SMILES string of the molecule is C[C@H](NC1=NC(=O)C(=Cc2c[nH]c3ncccc23)S1)c1ccccc1.Cl. The molecule has 0 radical (unpaired) electrons. The van der Waals surface area contributed by atoms with E-state index in [4.69, 9.17) is 0 Å². The Hall–Kier alpha value is -2.57. The van der Waals surface area contributed by atoms with Crippen LogP contribution >= 0.6 is 24.2 Å². The number of rotatable bonds is 3. The fourth-order valence-electron chi connectivity index (χ4n) is 2.72. The molecule has 5 nitrogen and oxygen atoms in total.